The van der Waals surface area contributed by atoms with E-state index in [4.69, 9.17) is 9.47 Å². The lowest BCUT2D eigenvalue weighted by Gasteiger charge is -2.13. The molecule has 2 rings (SSSR count). The Labute approximate surface area is 117 Å². The maximum atomic E-state index is 12.1. The molecule has 1 aromatic carbocycles. The topological polar surface area (TPSA) is 47.6 Å². The van der Waals surface area contributed by atoms with Crippen LogP contribution in [0.1, 0.15) is 31.2 Å². The summed E-state index contributed by atoms with van der Waals surface area (Å²) < 4.78 is 25.7. The fourth-order valence-electron chi connectivity index (χ4n) is 2.37. The fraction of sp³-hybridized carbons (Fsp3) is 0.571. The molecule has 1 saturated carbocycles. The highest BCUT2D eigenvalue weighted by molar-refractivity contribution is 7.83. The molecular formula is C14H21NO3S. The molecule has 5 heteroatoms. The Hall–Kier alpha value is -1.07. The summed E-state index contributed by atoms with van der Waals surface area (Å²) in [5, 5.41) is 0.309. The first kappa shape index (κ1) is 14.3. The first-order valence-electron chi connectivity index (χ1n) is 6.59. The van der Waals surface area contributed by atoms with Crippen molar-refractivity contribution in [2.75, 3.05) is 14.2 Å². The van der Waals surface area contributed by atoms with Crippen molar-refractivity contribution in [3.63, 3.8) is 0 Å². The molecule has 1 N–H and O–H groups in total. The molecule has 0 aliphatic heterocycles. The van der Waals surface area contributed by atoms with Crippen molar-refractivity contribution in [3.8, 4) is 11.5 Å². The maximum absolute atomic E-state index is 12.1. The van der Waals surface area contributed by atoms with Crippen LogP contribution in [0.3, 0.4) is 0 Å². The molecule has 1 aromatic rings. The van der Waals surface area contributed by atoms with Crippen LogP contribution >= 0.6 is 0 Å². The van der Waals surface area contributed by atoms with Crippen molar-refractivity contribution < 1.29 is 13.7 Å². The molecule has 1 aliphatic rings. The van der Waals surface area contributed by atoms with E-state index in [1.165, 1.54) is 12.8 Å². The van der Waals surface area contributed by atoms with Gasteiger partial charge in [-0.05, 0) is 18.9 Å². The quantitative estimate of drug-likeness (QED) is 0.872. The van der Waals surface area contributed by atoms with Gasteiger partial charge in [0.1, 0.15) is 11.5 Å². The van der Waals surface area contributed by atoms with Gasteiger partial charge in [-0.3, -0.25) is 0 Å². The highest BCUT2D eigenvalue weighted by Crippen LogP contribution is 2.25. The molecule has 0 bridgehead atoms. The van der Waals surface area contributed by atoms with E-state index < -0.39 is 11.0 Å². The van der Waals surface area contributed by atoms with Crippen LogP contribution in [0.2, 0.25) is 0 Å². The van der Waals surface area contributed by atoms with E-state index >= 15 is 0 Å². The summed E-state index contributed by atoms with van der Waals surface area (Å²) in [4.78, 5) is 0. The standard InChI is InChI=1S/C14H21NO3S/c1-17-12-8-7-11(14(9-12)18-2)10-15-19(16)13-5-3-4-6-13/h7-9,13,15H,3-6,10H2,1-2H3. The van der Waals surface area contributed by atoms with Crippen LogP contribution in [0.4, 0.5) is 0 Å². The second kappa shape index (κ2) is 6.91. The molecule has 0 heterocycles. The van der Waals surface area contributed by atoms with Crippen molar-refractivity contribution in [1.29, 1.82) is 0 Å². The minimum atomic E-state index is -0.950. The van der Waals surface area contributed by atoms with E-state index in [1.54, 1.807) is 14.2 Å². The van der Waals surface area contributed by atoms with E-state index in [0.29, 0.717) is 11.8 Å². The van der Waals surface area contributed by atoms with Crippen molar-refractivity contribution in [3.05, 3.63) is 23.8 Å². The summed E-state index contributed by atoms with van der Waals surface area (Å²) in [6.45, 7) is 0.552. The predicted molar refractivity (Wildman–Crippen MR) is 76.8 cm³/mol. The number of methoxy groups -OCH3 is 2. The Kier molecular flexibility index (Phi) is 5.22. The molecule has 1 unspecified atom stereocenters. The summed E-state index contributed by atoms with van der Waals surface area (Å²) in [6.07, 6.45) is 4.53. The van der Waals surface area contributed by atoms with Crippen molar-refractivity contribution in [1.82, 2.24) is 4.72 Å². The lowest BCUT2D eigenvalue weighted by Crippen LogP contribution is -2.25. The Morgan fingerprint density at radius 1 is 1.26 bits per heavy atom. The van der Waals surface area contributed by atoms with Gasteiger partial charge in [0.2, 0.25) is 0 Å². The summed E-state index contributed by atoms with van der Waals surface area (Å²) in [6, 6.07) is 5.67. The normalized spacial score (nSPS) is 17.4. The third kappa shape index (κ3) is 3.70. The Balaban J connectivity index is 1.96. The number of ether oxygens (including phenoxy) is 2. The molecule has 1 atom stereocenters. The molecule has 0 amide bonds. The van der Waals surface area contributed by atoms with E-state index in [9.17, 15) is 4.21 Å². The molecule has 0 spiro atoms. The number of benzene rings is 1. The summed E-state index contributed by atoms with van der Waals surface area (Å²) in [5.41, 5.74) is 0.995. The van der Waals surface area contributed by atoms with Crippen molar-refractivity contribution in [2.45, 2.75) is 37.5 Å². The first-order chi connectivity index (χ1) is 9.24. The van der Waals surface area contributed by atoms with Crippen LogP contribution in [0, 0.1) is 0 Å². The minimum absolute atomic E-state index is 0.309. The molecule has 0 saturated heterocycles. The van der Waals surface area contributed by atoms with Gasteiger partial charge >= 0.3 is 0 Å². The van der Waals surface area contributed by atoms with Gasteiger partial charge in [0.25, 0.3) is 0 Å². The van der Waals surface area contributed by atoms with Gasteiger partial charge in [-0.2, -0.15) is 0 Å². The highest BCUT2D eigenvalue weighted by Gasteiger charge is 2.21. The lowest BCUT2D eigenvalue weighted by molar-refractivity contribution is 0.391. The molecule has 106 valence electrons. The molecule has 1 fully saturated rings. The van der Waals surface area contributed by atoms with Crippen LogP contribution in [0.5, 0.6) is 11.5 Å². The lowest BCUT2D eigenvalue weighted by atomic mass is 10.2. The molecular weight excluding hydrogens is 262 g/mol. The minimum Gasteiger partial charge on any atom is -0.497 e. The van der Waals surface area contributed by atoms with Gasteiger partial charge in [0, 0.05) is 23.4 Å². The number of nitrogens with one attached hydrogen (secondary N) is 1. The Morgan fingerprint density at radius 3 is 2.63 bits per heavy atom. The Morgan fingerprint density at radius 2 is 2.00 bits per heavy atom. The van der Waals surface area contributed by atoms with Crippen molar-refractivity contribution >= 4 is 11.0 Å². The zero-order valence-electron chi connectivity index (χ0n) is 11.5. The largest absolute Gasteiger partial charge is 0.497 e. The average Bonchev–Trinajstić information content (AvgIpc) is 2.98. The molecule has 4 nitrogen and oxygen atoms in total. The van der Waals surface area contributed by atoms with Crippen molar-refractivity contribution in [2.24, 2.45) is 0 Å². The third-order valence-electron chi connectivity index (χ3n) is 3.50. The van der Waals surface area contributed by atoms with E-state index in [1.807, 2.05) is 18.2 Å². The van der Waals surface area contributed by atoms with E-state index in [0.717, 1.165) is 29.9 Å². The third-order valence-corrected chi connectivity index (χ3v) is 5.01. The summed E-state index contributed by atoms with van der Waals surface area (Å²) in [5.74, 6) is 1.52. The number of hydrogen-bond acceptors (Lipinski definition) is 3. The Bertz CT molecular complexity index is 444. The van der Waals surface area contributed by atoms with Gasteiger partial charge in [0.05, 0.1) is 25.2 Å². The summed E-state index contributed by atoms with van der Waals surface area (Å²) >= 11 is 0. The highest BCUT2D eigenvalue weighted by atomic mass is 32.2. The smallest absolute Gasteiger partial charge is 0.127 e. The van der Waals surface area contributed by atoms with Gasteiger partial charge in [-0.1, -0.05) is 18.9 Å². The molecule has 19 heavy (non-hydrogen) atoms. The fourth-order valence-corrected chi connectivity index (χ4v) is 3.66. The predicted octanol–water partition coefficient (Wildman–Crippen LogP) is 2.40. The van der Waals surface area contributed by atoms with Crippen LogP contribution < -0.4 is 14.2 Å². The SMILES string of the molecule is COc1ccc(CNS(=O)C2CCCC2)c(OC)c1. The van der Waals surface area contributed by atoms with Gasteiger partial charge in [0.15, 0.2) is 0 Å². The number of rotatable bonds is 6. The maximum Gasteiger partial charge on any atom is 0.127 e. The molecule has 1 aliphatic carbocycles. The summed E-state index contributed by atoms with van der Waals surface area (Å²) in [7, 11) is 2.31. The van der Waals surface area contributed by atoms with Gasteiger partial charge < -0.3 is 9.47 Å². The van der Waals surface area contributed by atoms with Crippen LogP contribution in [0.15, 0.2) is 18.2 Å². The van der Waals surface area contributed by atoms with Crippen LogP contribution in [0.25, 0.3) is 0 Å². The van der Waals surface area contributed by atoms with E-state index in [-0.39, 0.29) is 0 Å². The second-order valence-electron chi connectivity index (χ2n) is 4.70. The first-order valence-corrected chi connectivity index (χ1v) is 7.81. The van der Waals surface area contributed by atoms with E-state index in [2.05, 4.69) is 4.72 Å². The number of hydrogen-bond donors (Lipinski definition) is 1. The molecule has 0 radical (unpaired) electrons. The van der Waals surface area contributed by atoms with Crippen LogP contribution in [-0.2, 0) is 17.5 Å². The van der Waals surface area contributed by atoms with Gasteiger partial charge in [-0.15, -0.1) is 0 Å². The monoisotopic (exact) mass is 283 g/mol. The second-order valence-corrected chi connectivity index (χ2v) is 6.25. The molecule has 0 aromatic heterocycles. The zero-order valence-corrected chi connectivity index (χ0v) is 12.3. The average molecular weight is 283 g/mol. The van der Waals surface area contributed by atoms with Gasteiger partial charge in [-0.25, -0.2) is 8.93 Å². The zero-order chi connectivity index (χ0) is 13.7. The van der Waals surface area contributed by atoms with Crippen LogP contribution in [-0.4, -0.2) is 23.7 Å².